The lowest BCUT2D eigenvalue weighted by Crippen LogP contribution is -1.91. The van der Waals surface area contributed by atoms with Crippen LogP contribution >= 0.6 is 0 Å². The summed E-state index contributed by atoms with van der Waals surface area (Å²) in [5.74, 6) is 0. The fourth-order valence-corrected chi connectivity index (χ4v) is 6.86. The number of furan rings is 1. The van der Waals surface area contributed by atoms with Gasteiger partial charge >= 0.3 is 0 Å². The molecule has 0 fully saturated rings. The van der Waals surface area contributed by atoms with Gasteiger partial charge in [0.15, 0.2) is 0 Å². The molecule has 0 aliphatic heterocycles. The van der Waals surface area contributed by atoms with E-state index in [1.165, 1.54) is 0 Å². The van der Waals surface area contributed by atoms with Gasteiger partial charge in [-0.3, -0.25) is 0 Å². The SMILES string of the molecule is [2H]c1c([2H])c([2H])c(-c2c([2H])c([2H])c(-c3ccc(-c4c5ccccc5c(-c5c([2H])c([2H])c([2H])c6oc7c([2H])c([2H])c(-c8ccccc8)c([2H])c7c56)c5ccccc45)cc3)c([2H])c2[2H])c([2H])c1[2H]. The Labute approximate surface area is 317 Å². The van der Waals surface area contributed by atoms with Crippen molar-refractivity contribution in [3.63, 3.8) is 0 Å². The smallest absolute Gasteiger partial charge is 0.136 e. The molecular formula is C50H32O. The van der Waals surface area contributed by atoms with E-state index < -0.39 is 71.6 Å². The standard InChI is InChI=1S/C50H32O/c1-3-12-33(13-4-1)35-22-24-36(25-23-35)37-26-28-38(29-27-37)48-40-16-7-9-18-42(40)49(43-19-10-8-17-41(43)48)44-20-11-21-47-50(44)45-32-39(30-31-46(45)51-47)34-14-5-2-6-15-34/h1-32H/i1D,3D,4D,11D,12D,13D,20D,21D,22D,23D,24D,25D,30D,31D,32D. The largest absolute Gasteiger partial charge is 0.456 e. The summed E-state index contributed by atoms with van der Waals surface area (Å²) >= 11 is 0. The van der Waals surface area contributed by atoms with Crippen molar-refractivity contribution < 1.29 is 25.0 Å². The van der Waals surface area contributed by atoms with Crippen LogP contribution in [0, 0.1) is 0 Å². The highest BCUT2D eigenvalue weighted by Crippen LogP contribution is 2.47. The summed E-state index contributed by atoms with van der Waals surface area (Å²) in [7, 11) is 0. The lowest BCUT2D eigenvalue weighted by atomic mass is 9.84. The fourth-order valence-electron chi connectivity index (χ4n) is 6.86. The van der Waals surface area contributed by atoms with E-state index in [4.69, 9.17) is 22.2 Å². The van der Waals surface area contributed by atoms with Crippen molar-refractivity contribution in [2.75, 3.05) is 0 Å². The van der Waals surface area contributed by atoms with Crippen molar-refractivity contribution in [2.45, 2.75) is 0 Å². The van der Waals surface area contributed by atoms with Gasteiger partial charge in [-0.05, 0) is 95.3 Å². The van der Waals surface area contributed by atoms with Crippen LogP contribution in [0.1, 0.15) is 20.6 Å². The fraction of sp³-hybridized carbons (Fsp3) is 0. The topological polar surface area (TPSA) is 13.1 Å². The highest BCUT2D eigenvalue weighted by Gasteiger charge is 2.20. The summed E-state index contributed by atoms with van der Waals surface area (Å²) in [5.41, 5.74) is 2.31. The lowest BCUT2D eigenvalue weighted by molar-refractivity contribution is 0.669. The third kappa shape index (κ3) is 4.94. The zero-order valence-corrected chi connectivity index (χ0v) is 26.7. The molecule has 0 N–H and O–H groups in total. The molecule has 0 saturated carbocycles. The molecule has 10 aromatic rings. The second kappa shape index (κ2) is 12.0. The minimum absolute atomic E-state index is 0.0429. The lowest BCUT2D eigenvalue weighted by Gasteiger charge is -2.18. The van der Waals surface area contributed by atoms with Crippen LogP contribution in [-0.2, 0) is 0 Å². The Balaban J connectivity index is 1.21. The molecule has 51 heavy (non-hydrogen) atoms. The number of hydrogen-bond acceptors (Lipinski definition) is 1. The van der Waals surface area contributed by atoms with Gasteiger partial charge < -0.3 is 4.42 Å². The van der Waals surface area contributed by atoms with E-state index in [0.717, 1.165) is 16.3 Å². The molecule has 1 nitrogen and oxygen atoms in total. The van der Waals surface area contributed by atoms with Crippen LogP contribution in [0.2, 0.25) is 0 Å². The van der Waals surface area contributed by atoms with Crippen LogP contribution in [0.4, 0.5) is 0 Å². The van der Waals surface area contributed by atoms with Crippen LogP contribution in [0.25, 0.3) is 99.1 Å². The van der Waals surface area contributed by atoms with Crippen LogP contribution in [0.3, 0.4) is 0 Å². The van der Waals surface area contributed by atoms with Gasteiger partial charge in [-0.2, -0.15) is 0 Å². The van der Waals surface area contributed by atoms with Crippen LogP contribution in [0.15, 0.2) is 198 Å². The maximum Gasteiger partial charge on any atom is 0.136 e. The third-order valence-electron chi connectivity index (χ3n) is 9.15. The number of rotatable bonds is 5. The normalized spacial score (nSPS) is 15.6. The Morgan fingerprint density at radius 1 is 0.333 bits per heavy atom. The summed E-state index contributed by atoms with van der Waals surface area (Å²) in [6.45, 7) is 0. The highest BCUT2D eigenvalue weighted by atomic mass is 16.3. The van der Waals surface area contributed by atoms with E-state index in [2.05, 4.69) is 0 Å². The second-order valence-corrected chi connectivity index (χ2v) is 12.0. The monoisotopic (exact) mass is 663 g/mol. The minimum Gasteiger partial charge on any atom is -0.456 e. The summed E-state index contributed by atoms with van der Waals surface area (Å²) in [6, 6.07) is 23.9. The van der Waals surface area contributed by atoms with E-state index in [1.54, 1.807) is 48.5 Å². The quantitative estimate of drug-likeness (QED) is 0.167. The van der Waals surface area contributed by atoms with Gasteiger partial charge in [0.25, 0.3) is 0 Å². The maximum atomic E-state index is 9.55. The maximum absolute atomic E-state index is 9.55. The van der Waals surface area contributed by atoms with E-state index in [1.807, 2.05) is 54.6 Å². The highest BCUT2D eigenvalue weighted by molar-refractivity contribution is 6.25. The van der Waals surface area contributed by atoms with E-state index in [9.17, 15) is 2.74 Å². The van der Waals surface area contributed by atoms with E-state index in [-0.39, 0.29) is 68.8 Å². The molecule has 0 atom stereocenters. The molecule has 0 aliphatic carbocycles. The zero-order chi connectivity index (χ0) is 46.8. The molecule has 1 heteroatoms. The molecule has 0 radical (unpaired) electrons. The molecule has 0 spiro atoms. The molecule has 0 bridgehead atoms. The van der Waals surface area contributed by atoms with Crippen molar-refractivity contribution in [3.8, 4) is 55.6 Å². The van der Waals surface area contributed by atoms with Gasteiger partial charge in [-0.1, -0.05) is 176 Å². The van der Waals surface area contributed by atoms with Crippen molar-refractivity contribution in [2.24, 2.45) is 0 Å². The van der Waals surface area contributed by atoms with E-state index in [0.29, 0.717) is 33.0 Å². The number of hydrogen-bond donors (Lipinski definition) is 0. The van der Waals surface area contributed by atoms with Crippen LogP contribution in [0.5, 0.6) is 0 Å². The average Bonchev–Trinajstić information content (AvgIpc) is 3.73. The van der Waals surface area contributed by atoms with Gasteiger partial charge in [-0.15, -0.1) is 0 Å². The van der Waals surface area contributed by atoms with Gasteiger partial charge in [0, 0.05) is 10.8 Å². The molecule has 0 saturated heterocycles. The average molecular weight is 664 g/mol. The van der Waals surface area contributed by atoms with Crippen molar-refractivity contribution in [1.29, 1.82) is 0 Å². The Morgan fingerprint density at radius 3 is 1.53 bits per heavy atom. The summed E-state index contributed by atoms with van der Waals surface area (Å²) in [5, 5.41) is 3.18. The van der Waals surface area contributed by atoms with Crippen LogP contribution in [-0.4, -0.2) is 0 Å². The van der Waals surface area contributed by atoms with Crippen LogP contribution < -0.4 is 0 Å². The molecule has 0 amide bonds. The first kappa shape index (κ1) is 17.8. The minimum atomic E-state index is -0.656. The molecular weight excluding hydrogens is 617 g/mol. The first-order valence-corrected chi connectivity index (χ1v) is 16.3. The Bertz CT molecular complexity index is 3630. The molecule has 1 aromatic heterocycles. The molecule has 238 valence electrons. The molecule has 10 rings (SSSR count). The third-order valence-corrected chi connectivity index (χ3v) is 9.15. The molecule has 0 aliphatic rings. The first-order valence-electron chi connectivity index (χ1n) is 23.8. The van der Waals surface area contributed by atoms with Gasteiger partial charge in [0.2, 0.25) is 0 Å². The predicted octanol–water partition coefficient (Wildman–Crippen LogP) is 14.2. The number of benzene rings is 9. The Hall–Kier alpha value is -6.70. The Kier molecular flexibility index (Phi) is 4.19. The van der Waals surface area contributed by atoms with Crippen molar-refractivity contribution in [3.05, 3.63) is 194 Å². The predicted molar refractivity (Wildman–Crippen MR) is 216 cm³/mol. The summed E-state index contributed by atoms with van der Waals surface area (Å²) in [4.78, 5) is 0. The summed E-state index contributed by atoms with van der Waals surface area (Å²) < 4.78 is 138. The molecule has 0 unspecified atom stereocenters. The Morgan fingerprint density at radius 2 is 0.863 bits per heavy atom. The van der Waals surface area contributed by atoms with Gasteiger partial charge in [0.1, 0.15) is 11.2 Å². The van der Waals surface area contributed by atoms with Gasteiger partial charge in [-0.25, -0.2) is 0 Å². The van der Waals surface area contributed by atoms with Crippen molar-refractivity contribution in [1.82, 2.24) is 0 Å². The van der Waals surface area contributed by atoms with Gasteiger partial charge in [0.05, 0.1) is 20.6 Å². The first-order chi connectivity index (χ1) is 31.6. The van der Waals surface area contributed by atoms with Crippen molar-refractivity contribution >= 4 is 43.5 Å². The molecule has 1 heterocycles. The summed E-state index contributed by atoms with van der Waals surface area (Å²) in [6.07, 6.45) is 0. The second-order valence-electron chi connectivity index (χ2n) is 12.0. The number of fused-ring (bicyclic) bond motifs is 5. The van der Waals surface area contributed by atoms with E-state index >= 15 is 0 Å². The zero-order valence-electron chi connectivity index (χ0n) is 41.7. The molecule has 9 aromatic carbocycles.